The van der Waals surface area contributed by atoms with Gasteiger partial charge in [-0.1, -0.05) is 31.0 Å². The molecule has 0 bridgehead atoms. The highest BCUT2D eigenvalue weighted by Crippen LogP contribution is 2.24. The van der Waals surface area contributed by atoms with Crippen molar-refractivity contribution in [2.24, 2.45) is 5.73 Å². The number of carbonyl (C=O) groups is 4. The number of aliphatic hydroxyl groups excluding tert-OH is 1. The predicted molar refractivity (Wildman–Crippen MR) is 164 cm³/mol. The number of primary amides is 1. The summed E-state index contributed by atoms with van der Waals surface area (Å²) in [5.41, 5.74) is 7.93. The van der Waals surface area contributed by atoms with Gasteiger partial charge in [-0.15, -0.1) is 0 Å². The Labute approximate surface area is 258 Å². The zero-order chi connectivity index (χ0) is 31.9. The molecule has 2 aromatic rings. The number of nitrogens with two attached hydrogens (primary N) is 1. The van der Waals surface area contributed by atoms with E-state index in [1.165, 1.54) is 17.9 Å². The van der Waals surface area contributed by atoms with Gasteiger partial charge in [0.2, 0.25) is 5.91 Å². The minimum atomic E-state index is -0.732. The zero-order valence-electron chi connectivity index (χ0n) is 25.3. The summed E-state index contributed by atoms with van der Waals surface area (Å²) in [6, 6.07) is 11.8. The second-order valence-corrected chi connectivity index (χ2v) is 10.9. The number of hydrogen-bond donors (Lipinski definition) is 4. The van der Waals surface area contributed by atoms with Crippen LogP contribution in [0.4, 0.5) is 10.5 Å². The fourth-order valence-electron chi connectivity index (χ4n) is 4.84. The first-order valence-electron chi connectivity index (χ1n) is 15.1. The summed E-state index contributed by atoms with van der Waals surface area (Å²) in [4.78, 5) is 49.1. The molecule has 2 aromatic carbocycles. The van der Waals surface area contributed by atoms with E-state index in [0.29, 0.717) is 36.6 Å². The van der Waals surface area contributed by atoms with Crippen molar-refractivity contribution >= 4 is 29.5 Å². The summed E-state index contributed by atoms with van der Waals surface area (Å²) < 4.78 is 10.7. The normalized spacial score (nSPS) is 13.9. The largest absolute Gasteiger partial charge is 0.508 e. The number of hydrogen-bond acceptors (Lipinski definition) is 9. The highest BCUT2D eigenvalue weighted by molar-refractivity contribution is 6.13. The van der Waals surface area contributed by atoms with Crippen LogP contribution in [-0.4, -0.2) is 78.3 Å². The molecule has 4 amide bonds. The van der Waals surface area contributed by atoms with Gasteiger partial charge in [0.25, 0.3) is 5.91 Å². The van der Waals surface area contributed by atoms with Gasteiger partial charge >= 0.3 is 12.0 Å². The number of phenolic OH excluding ortho intramolecular Hbond substituents is 1. The molecule has 1 aliphatic heterocycles. The fraction of sp³-hybridized carbons (Fsp3) is 0.500. The lowest BCUT2D eigenvalue weighted by Gasteiger charge is -2.17. The second-order valence-electron chi connectivity index (χ2n) is 10.9. The van der Waals surface area contributed by atoms with Crippen LogP contribution in [0.2, 0.25) is 0 Å². The van der Waals surface area contributed by atoms with E-state index in [1.54, 1.807) is 18.2 Å². The number of amides is 4. The number of nitrogens with one attached hydrogen (secondary N) is 1. The number of imide groups is 1. The maximum absolute atomic E-state index is 12.5. The summed E-state index contributed by atoms with van der Waals surface area (Å²) in [7, 11) is 0. The van der Waals surface area contributed by atoms with E-state index in [1.807, 2.05) is 18.2 Å². The predicted octanol–water partition coefficient (Wildman–Crippen LogP) is 2.93. The van der Waals surface area contributed by atoms with Crippen molar-refractivity contribution in [3.63, 3.8) is 0 Å². The summed E-state index contributed by atoms with van der Waals surface area (Å²) in [5.74, 6) is -1.58. The number of rotatable bonds is 20. The van der Waals surface area contributed by atoms with Gasteiger partial charge in [-0.05, 0) is 74.0 Å². The molecule has 0 unspecified atom stereocenters. The third-order valence-electron chi connectivity index (χ3n) is 7.25. The van der Waals surface area contributed by atoms with Gasteiger partial charge < -0.3 is 30.7 Å². The molecule has 12 nitrogen and oxygen atoms in total. The first-order chi connectivity index (χ1) is 21.2. The Balaban J connectivity index is 1.20. The minimum absolute atomic E-state index is 0.0239. The van der Waals surface area contributed by atoms with Crippen molar-refractivity contribution in [3.05, 3.63) is 59.2 Å². The van der Waals surface area contributed by atoms with Gasteiger partial charge in [-0.2, -0.15) is 0 Å². The first kappa shape index (κ1) is 34.5. The third kappa shape index (κ3) is 11.3. The Kier molecular flexibility index (Phi) is 14.1. The number of urea groups is 1. The molecule has 1 fully saturated rings. The Morgan fingerprint density at radius 3 is 2.52 bits per heavy atom. The molecule has 1 atom stereocenters. The summed E-state index contributed by atoms with van der Waals surface area (Å²) in [5, 5.41) is 23.6. The molecule has 240 valence electrons. The van der Waals surface area contributed by atoms with E-state index >= 15 is 0 Å². The van der Waals surface area contributed by atoms with Crippen LogP contribution in [0.25, 0.3) is 0 Å². The maximum atomic E-state index is 12.5. The van der Waals surface area contributed by atoms with Gasteiger partial charge in [0.1, 0.15) is 25.4 Å². The Hall–Kier alpha value is -4.00. The lowest BCUT2D eigenvalue weighted by atomic mass is 10.1. The molecule has 12 heteroatoms. The number of aryl methyl sites for hydroxylation is 1. The van der Waals surface area contributed by atoms with Crippen LogP contribution in [0.3, 0.4) is 0 Å². The maximum Gasteiger partial charge on any atom is 0.332 e. The Morgan fingerprint density at radius 1 is 1.02 bits per heavy atom. The number of phenols is 1. The number of ether oxygens (including phenoxy) is 2. The molecule has 1 aliphatic rings. The van der Waals surface area contributed by atoms with E-state index in [4.69, 9.17) is 15.2 Å². The standard InChI is InChI=1S/C32H44N4O8/c1-23(37)44-22-26-18-25(12-13-28(26)38)29(39)19-34-14-5-2-3-6-15-43-16-7-4-9-24-10-8-11-27(17-24)35-21-31(41)36(32(35)42)20-30(33)40/h8,10-13,17-18,29,34,38-39H,2-7,9,14-16,19-22H2,1H3,(H2,33,40)/t29-/m0/s1. The second kappa shape index (κ2) is 18.0. The molecule has 44 heavy (non-hydrogen) atoms. The van der Waals surface area contributed by atoms with Gasteiger partial charge in [0.15, 0.2) is 0 Å². The van der Waals surface area contributed by atoms with Gasteiger partial charge in [0.05, 0.1) is 6.10 Å². The van der Waals surface area contributed by atoms with Crippen LogP contribution in [0.1, 0.15) is 68.2 Å². The van der Waals surface area contributed by atoms with Crippen molar-refractivity contribution in [2.45, 2.75) is 64.6 Å². The molecule has 0 spiro atoms. The molecule has 3 rings (SSSR count). The lowest BCUT2D eigenvalue weighted by molar-refractivity contribution is -0.142. The number of carbonyl (C=O) groups excluding carboxylic acids is 4. The molecule has 5 N–H and O–H groups in total. The topological polar surface area (TPSA) is 172 Å². The third-order valence-corrected chi connectivity index (χ3v) is 7.25. The number of nitrogens with zero attached hydrogens (tertiary/aromatic N) is 2. The van der Waals surface area contributed by atoms with E-state index in [-0.39, 0.29) is 18.9 Å². The van der Waals surface area contributed by atoms with Crippen LogP contribution in [0.15, 0.2) is 42.5 Å². The van der Waals surface area contributed by atoms with E-state index in [9.17, 15) is 29.4 Å². The highest BCUT2D eigenvalue weighted by Gasteiger charge is 2.37. The van der Waals surface area contributed by atoms with Gasteiger partial charge in [-0.25, -0.2) is 4.79 Å². The Morgan fingerprint density at radius 2 is 1.77 bits per heavy atom. The average molecular weight is 613 g/mol. The van der Waals surface area contributed by atoms with Crippen molar-refractivity contribution in [2.75, 3.05) is 44.3 Å². The summed E-state index contributed by atoms with van der Waals surface area (Å²) in [6.07, 6.45) is 6.02. The smallest absolute Gasteiger partial charge is 0.332 e. The quantitative estimate of drug-likeness (QED) is 0.0997. The molecule has 1 heterocycles. The molecule has 1 saturated heterocycles. The number of unbranched alkanes of at least 4 members (excludes halogenated alkanes) is 4. The SMILES string of the molecule is CC(=O)OCc1cc([C@@H](O)CNCCCCCCOCCCCc2cccc(N3CC(=O)N(CC(N)=O)C3=O)c2)ccc1O. The molecular weight excluding hydrogens is 568 g/mol. The monoisotopic (exact) mass is 612 g/mol. The molecule has 0 aliphatic carbocycles. The van der Waals surface area contributed by atoms with Crippen molar-refractivity contribution in [3.8, 4) is 5.75 Å². The molecule has 0 radical (unpaired) electrons. The minimum Gasteiger partial charge on any atom is -0.508 e. The van der Waals surface area contributed by atoms with Crippen molar-refractivity contribution in [1.82, 2.24) is 10.2 Å². The van der Waals surface area contributed by atoms with Crippen LogP contribution >= 0.6 is 0 Å². The van der Waals surface area contributed by atoms with E-state index in [2.05, 4.69) is 5.32 Å². The number of aliphatic hydroxyl groups is 1. The Bertz CT molecular complexity index is 1270. The lowest BCUT2D eigenvalue weighted by Crippen LogP contribution is -2.39. The van der Waals surface area contributed by atoms with Crippen LogP contribution in [-0.2, 0) is 36.9 Å². The van der Waals surface area contributed by atoms with Crippen LogP contribution in [0, 0.1) is 0 Å². The van der Waals surface area contributed by atoms with E-state index < -0.39 is 36.5 Å². The van der Waals surface area contributed by atoms with Crippen molar-refractivity contribution in [1.29, 1.82) is 0 Å². The molecule has 0 aromatic heterocycles. The van der Waals surface area contributed by atoms with E-state index in [0.717, 1.165) is 62.0 Å². The van der Waals surface area contributed by atoms with Gasteiger partial charge in [0, 0.05) is 37.9 Å². The summed E-state index contributed by atoms with van der Waals surface area (Å²) in [6.45, 7) is 3.31. The highest BCUT2D eigenvalue weighted by atomic mass is 16.5. The van der Waals surface area contributed by atoms with Crippen LogP contribution < -0.4 is 16.0 Å². The number of aromatic hydroxyl groups is 1. The molecule has 0 saturated carbocycles. The van der Waals surface area contributed by atoms with Crippen LogP contribution in [0.5, 0.6) is 5.75 Å². The fourth-order valence-corrected chi connectivity index (χ4v) is 4.84. The average Bonchev–Trinajstić information content (AvgIpc) is 3.27. The number of esters is 1. The number of benzene rings is 2. The first-order valence-corrected chi connectivity index (χ1v) is 15.1. The summed E-state index contributed by atoms with van der Waals surface area (Å²) >= 11 is 0. The molecular formula is C32H44N4O8. The van der Waals surface area contributed by atoms with Gasteiger partial charge in [-0.3, -0.25) is 24.2 Å². The van der Waals surface area contributed by atoms with Crippen molar-refractivity contribution < 1.29 is 38.9 Å². The number of anilines is 1. The zero-order valence-corrected chi connectivity index (χ0v) is 25.3.